The van der Waals surface area contributed by atoms with Gasteiger partial charge in [-0.05, 0) is 12.2 Å². The van der Waals surface area contributed by atoms with Gasteiger partial charge in [0.15, 0.2) is 0 Å². The molecule has 9 heteroatoms. The van der Waals surface area contributed by atoms with E-state index in [0.29, 0.717) is 26.2 Å². The van der Waals surface area contributed by atoms with Gasteiger partial charge in [-0.1, -0.05) is 0 Å². The van der Waals surface area contributed by atoms with Crippen molar-refractivity contribution in [3.8, 4) is 0 Å². The van der Waals surface area contributed by atoms with Gasteiger partial charge in [0.25, 0.3) is 10.4 Å². The third-order valence-corrected chi connectivity index (χ3v) is 3.05. The second-order valence-electron chi connectivity index (χ2n) is 3.06. The molecule has 17 heavy (non-hydrogen) atoms. The lowest BCUT2D eigenvalue weighted by Gasteiger charge is -2.12. The van der Waals surface area contributed by atoms with Crippen molar-refractivity contribution >= 4 is 40.6 Å². The molecule has 7 nitrogen and oxygen atoms in total. The fourth-order valence-electron chi connectivity index (χ4n) is 1.07. The fourth-order valence-corrected chi connectivity index (χ4v) is 1.87. The van der Waals surface area contributed by atoms with E-state index in [9.17, 15) is 9.59 Å². The molecule has 3 amide bonds. The third kappa shape index (κ3) is 5.09. The van der Waals surface area contributed by atoms with Crippen molar-refractivity contribution in [2.45, 2.75) is 0 Å². The molecule has 0 bridgehead atoms. The number of nitrogens with one attached hydrogen (secondary N) is 3. The molecule has 1 aliphatic rings. The smallest absolute Gasteiger partial charge is 0.327 e. The van der Waals surface area contributed by atoms with Crippen LogP contribution in [0.15, 0.2) is 0 Å². The fraction of sp³-hybridized carbons (Fsp3) is 0.625. The van der Waals surface area contributed by atoms with Gasteiger partial charge in [-0.3, -0.25) is 9.10 Å². The number of rotatable bonds is 4. The lowest BCUT2D eigenvalue weighted by Crippen LogP contribution is -2.34. The van der Waals surface area contributed by atoms with E-state index in [4.69, 9.17) is 17.0 Å². The number of methoxy groups -OCH3 is 1. The van der Waals surface area contributed by atoms with Crippen LogP contribution < -0.4 is 16.0 Å². The van der Waals surface area contributed by atoms with Gasteiger partial charge in [0.05, 0.1) is 25.6 Å². The van der Waals surface area contributed by atoms with E-state index >= 15 is 0 Å². The van der Waals surface area contributed by atoms with Crippen molar-refractivity contribution in [2.75, 3.05) is 33.3 Å². The maximum atomic E-state index is 11.4. The number of amides is 3. The Balaban J connectivity index is 2.09. The van der Waals surface area contributed by atoms with Crippen LogP contribution in [0.3, 0.4) is 0 Å². The van der Waals surface area contributed by atoms with E-state index in [0.717, 1.165) is 11.9 Å². The van der Waals surface area contributed by atoms with E-state index in [1.54, 1.807) is 0 Å². The Hall–Kier alpha value is -1.22. The van der Waals surface area contributed by atoms with Crippen LogP contribution in [0.1, 0.15) is 0 Å². The highest BCUT2D eigenvalue weighted by molar-refractivity contribution is 8.11. The van der Waals surface area contributed by atoms with Crippen LogP contribution >= 0.6 is 24.2 Å². The number of ether oxygens (including phenoxy) is 1. The zero-order valence-corrected chi connectivity index (χ0v) is 10.9. The molecule has 0 aromatic carbocycles. The van der Waals surface area contributed by atoms with Gasteiger partial charge < -0.3 is 20.7 Å². The number of nitrogens with zero attached hydrogens (tertiary/aromatic N) is 1. The second-order valence-corrected chi connectivity index (χ2v) is 4.42. The van der Waals surface area contributed by atoms with Crippen molar-refractivity contribution < 1.29 is 14.3 Å². The lowest BCUT2D eigenvalue weighted by molar-refractivity contribution is 0.237. The molecule has 1 fully saturated rings. The minimum absolute atomic E-state index is 0.233. The highest BCUT2D eigenvalue weighted by atomic mass is 32.2. The number of urea groups is 1. The standard InChI is InChI=1S/C8H14N4O3S2/c1-15-8(16)11-3-2-10-7(14)17-12-5-4-9-6(12)13/h2-5H2,1H3,(H,9,13)(H,10,14)(H,11,16). The summed E-state index contributed by atoms with van der Waals surface area (Å²) in [5.41, 5.74) is 0. The summed E-state index contributed by atoms with van der Waals surface area (Å²) in [5, 5.41) is 8.03. The molecular formula is C8H14N4O3S2. The molecule has 0 unspecified atom stereocenters. The molecule has 0 radical (unpaired) electrons. The topological polar surface area (TPSA) is 82.7 Å². The second kappa shape index (κ2) is 7.17. The Morgan fingerprint density at radius 1 is 1.59 bits per heavy atom. The summed E-state index contributed by atoms with van der Waals surface area (Å²) in [5.74, 6) is 0. The van der Waals surface area contributed by atoms with E-state index in [1.165, 1.54) is 11.4 Å². The summed E-state index contributed by atoms with van der Waals surface area (Å²) in [6.45, 7) is 1.99. The third-order valence-electron chi connectivity index (χ3n) is 1.86. The summed E-state index contributed by atoms with van der Waals surface area (Å²) in [6, 6.07) is -0.233. The Morgan fingerprint density at radius 3 is 2.88 bits per heavy atom. The Kier molecular flexibility index (Phi) is 5.84. The van der Waals surface area contributed by atoms with Gasteiger partial charge in [-0.15, -0.1) is 0 Å². The first-order valence-corrected chi connectivity index (χ1v) is 6.14. The van der Waals surface area contributed by atoms with Crippen molar-refractivity contribution in [1.82, 2.24) is 20.3 Å². The molecule has 0 spiro atoms. The number of carbonyl (C=O) groups is 2. The number of hydrogen-bond acceptors (Lipinski definition) is 5. The van der Waals surface area contributed by atoms with Crippen molar-refractivity contribution in [3.05, 3.63) is 0 Å². The van der Waals surface area contributed by atoms with Crippen molar-refractivity contribution in [3.63, 3.8) is 0 Å². The van der Waals surface area contributed by atoms with E-state index < -0.39 is 0 Å². The Labute approximate surface area is 109 Å². The maximum Gasteiger partial charge on any atom is 0.327 e. The SMILES string of the molecule is COC(=S)NCCNC(=O)SN1CCNC1=O. The molecule has 1 aliphatic heterocycles. The average Bonchev–Trinajstić information content (AvgIpc) is 2.70. The number of hydrogen-bond donors (Lipinski definition) is 3. The summed E-state index contributed by atoms with van der Waals surface area (Å²) >= 11 is 5.61. The molecule has 96 valence electrons. The summed E-state index contributed by atoms with van der Waals surface area (Å²) in [7, 11) is 1.47. The van der Waals surface area contributed by atoms with Gasteiger partial charge >= 0.3 is 6.03 Å². The molecule has 0 aromatic heterocycles. The van der Waals surface area contributed by atoms with Crippen LogP contribution in [0.25, 0.3) is 0 Å². The zero-order chi connectivity index (χ0) is 12.7. The normalized spacial score (nSPS) is 14.2. The van der Waals surface area contributed by atoms with E-state index in [-0.39, 0.29) is 16.4 Å². The van der Waals surface area contributed by atoms with Gasteiger partial charge in [0, 0.05) is 19.6 Å². The largest absolute Gasteiger partial charge is 0.474 e. The molecular weight excluding hydrogens is 264 g/mol. The van der Waals surface area contributed by atoms with Crippen LogP contribution in [-0.4, -0.2) is 54.0 Å². The lowest BCUT2D eigenvalue weighted by atomic mass is 10.6. The molecule has 0 aliphatic carbocycles. The van der Waals surface area contributed by atoms with Crippen molar-refractivity contribution in [1.29, 1.82) is 0 Å². The molecule has 1 heterocycles. The van der Waals surface area contributed by atoms with Gasteiger partial charge in [-0.2, -0.15) is 0 Å². The van der Waals surface area contributed by atoms with Gasteiger partial charge in [-0.25, -0.2) is 4.79 Å². The minimum Gasteiger partial charge on any atom is -0.474 e. The zero-order valence-electron chi connectivity index (χ0n) is 9.32. The first-order valence-electron chi connectivity index (χ1n) is 4.96. The first kappa shape index (κ1) is 13.8. The quantitative estimate of drug-likeness (QED) is 0.378. The molecule has 1 rings (SSSR count). The summed E-state index contributed by atoms with van der Waals surface area (Å²) in [4.78, 5) is 22.5. The molecule has 1 saturated heterocycles. The van der Waals surface area contributed by atoms with Crippen LogP contribution in [0.2, 0.25) is 0 Å². The van der Waals surface area contributed by atoms with Crippen LogP contribution in [0.5, 0.6) is 0 Å². The molecule has 3 N–H and O–H groups in total. The van der Waals surface area contributed by atoms with Gasteiger partial charge in [0.2, 0.25) is 0 Å². The molecule has 0 atom stereocenters. The predicted molar refractivity (Wildman–Crippen MR) is 68.7 cm³/mol. The summed E-state index contributed by atoms with van der Waals surface area (Å²) < 4.78 is 6.10. The van der Waals surface area contributed by atoms with Gasteiger partial charge in [0.1, 0.15) is 0 Å². The molecule has 0 saturated carbocycles. The number of carbonyl (C=O) groups excluding carboxylic acids is 2. The predicted octanol–water partition coefficient (Wildman–Crippen LogP) is -0.110. The van der Waals surface area contributed by atoms with E-state index in [2.05, 4.69) is 16.0 Å². The minimum atomic E-state index is -0.271. The van der Waals surface area contributed by atoms with Crippen LogP contribution in [0.4, 0.5) is 9.59 Å². The first-order chi connectivity index (χ1) is 8.13. The maximum absolute atomic E-state index is 11.4. The number of thiocarbonyl (C=S) groups is 1. The van der Waals surface area contributed by atoms with Crippen LogP contribution in [0, 0.1) is 0 Å². The monoisotopic (exact) mass is 278 g/mol. The summed E-state index contributed by atoms with van der Waals surface area (Å²) in [6.07, 6.45) is 0. The van der Waals surface area contributed by atoms with Crippen molar-refractivity contribution in [2.24, 2.45) is 0 Å². The highest BCUT2D eigenvalue weighted by Crippen LogP contribution is 2.12. The Bertz CT molecular complexity index is 313. The molecule has 0 aromatic rings. The van der Waals surface area contributed by atoms with E-state index in [1.807, 2.05) is 0 Å². The average molecular weight is 278 g/mol. The Morgan fingerprint density at radius 2 is 2.29 bits per heavy atom. The van der Waals surface area contributed by atoms with Crippen LogP contribution in [-0.2, 0) is 4.74 Å². The highest BCUT2D eigenvalue weighted by Gasteiger charge is 2.22.